The maximum absolute atomic E-state index is 11.1. The summed E-state index contributed by atoms with van der Waals surface area (Å²) in [6.45, 7) is 2.05. The van der Waals surface area contributed by atoms with E-state index in [9.17, 15) is 4.79 Å². The summed E-state index contributed by atoms with van der Waals surface area (Å²) in [7, 11) is 3.60. The van der Waals surface area contributed by atoms with Crippen LogP contribution in [0.2, 0.25) is 0 Å². The van der Waals surface area contributed by atoms with Gasteiger partial charge in [-0.3, -0.25) is 4.68 Å². The van der Waals surface area contributed by atoms with Gasteiger partial charge in [0.1, 0.15) is 11.4 Å². The van der Waals surface area contributed by atoms with E-state index in [0.717, 1.165) is 16.6 Å². The summed E-state index contributed by atoms with van der Waals surface area (Å²) < 4.78 is 3.43. The van der Waals surface area contributed by atoms with Crippen LogP contribution < -0.4 is 0 Å². The maximum atomic E-state index is 11.1. The van der Waals surface area contributed by atoms with Crippen molar-refractivity contribution >= 4 is 16.9 Å². The summed E-state index contributed by atoms with van der Waals surface area (Å²) in [6, 6.07) is 9.87. The first kappa shape index (κ1) is 12.5. The van der Waals surface area contributed by atoms with Gasteiger partial charge in [0, 0.05) is 31.1 Å². The number of nitrogens with zero attached hydrogens (tertiary/aromatic N) is 3. The Balaban J connectivity index is 2.22. The van der Waals surface area contributed by atoms with Crippen LogP contribution in [0, 0.1) is 6.92 Å². The van der Waals surface area contributed by atoms with Gasteiger partial charge in [0.15, 0.2) is 0 Å². The predicted octanol–water partition coefficient (Wildman–Crippen LogP) is 2.59. The highest BCUT2D eigenvalue weighted by molar-refractivity contribution is 5.90. The van der Waals surface area contributed by atoms with Gasteiger partial charge >= 0.3 is 5.97 Å². The molecule has 0 saturated heterocycles. The number of hydrogen-bond acceptors (Lipinski definition) is 2. The molecule has 0 aliphatic carbocycles. The van der Waals surface area contributed by atoms with Crippen LogP contribution in [-0.2, 0) is 14.1 Å². The molecule has 0 fully saturated rings. The van der Waals surface area contributed by atoms with Gasteiger partial charge in [0.05, 0.1) is 5.69 Å². The van der Waals surface area contributed by atoms with Crippen LogP contribution in [0.15, 0.2) is 30.3 Å². The minimum absolute atomic E-state index is 0.182. The molecule has 2 heterocycles. The highest BCUT2D eigenvalue weighted by atomic mass is 16.4. The van der Waals surface area contributed by atoms with Crippen molar-refractivity contribution < 1.29 is 9.90 Å². The number of carboxylic acids is 1. The minimum atomic E-state index is -0.971. The Morgan fingerprint density at radius 3 is 2.60 bits per heavy atom. The number of hydrogen-bond donors (Lipinski definition) is 1. The summed E-state index contributed by atoms with van der Waals surface area (Å²) in [6.07, 6.45) is 0. The third-order valence-corrected chi connectivity index (χ3v) is 3.56. The second-order valence-corrected chi connectivity index (χ2v) is 4.99. The topological polar surface area (TPSA) is 60.0 Å². The van der Waals surface area contributed by atoms with Crippen molar-refractivity contribution in [1.29, 1.82) is 0 Å². The van der Waals surface area contributed by atoms with E-state index in [-0.39, 0.29) is 5.69 Å². The van der Waals surface area contributed by atoms with Gasteiger partial charge in [-0.2, -0.15) is 5.10 Å². The predicted molar refractivity (Wildman–Crippen MR) is 76.8 cm³/mol. The molecule has 20 heavy (non-hydrogen) atoms. The lowest BCUT2D eigenvalue weighted by Gasteiger charge is -2.01. The molecule has 0 unspecified atom stereocenters. The molecule has 1 N–H and O–H groups in total. The third-order valence-electron chi connectivity index (χ3n) is 3.56. The number of aromatic carboxylic acids is 1. The van der Waals surface area contributed by atoms with Crippen LogP contribution in [0.3, 0.4) is 0 Å². The smallest absolute Gasteiger partial charge is 0.354 e. The molecule has 5 heteroatoms. The van der Waals surface area contributed by atoms with E-state index >= 15 is 0 Å². The van der Waals surface area contributed by atoms with Crippen LogP contribution >= 0.6 is 0 Å². The van der Waals surface area contributed by atoms with Crippen LogP contribution in [-0.4, -0.2) is 25.4 Å². The maximum Gasteiger partial charge on any atom is 0.354 e. The molecule has 0 atom stereocenters. The highest BCUT2D eigenvalue weighted by Crippen LogP contribution is 2.27. The van der Waals surface area contributed by atoms with Crippen molar-refractivity contribution in [3.8, 4) is 11.4 Å². The molecule has 0 bridgehead atoms. The molecule has 102 valence electrons. The quantitative estimate of drug-likeness (QED) is 0.778. The Bertz CT molecular complexity index is 827. The third kappa shape index (κ3) is 1.79. The Hall–Kier alpha value is -2.56. The summed E-state index contributed by atoms with van der Waals surface area (Å²) in [5.41, 5.74) is 4.07. The van der Waals surface area contributed by atoms with Crippen LogP contribution in [0.5, 0.6) is 0 Å². The highest BCUT2D eigenvalue weighted by Gasteiger charge is 2.16. The Labute approximate surface area is 116 Å². The average molecular weight is 269 g/mol. The van der Waals surface area contributed by atoms with Crippen LogP contribution in [0.4, 0.5) is 0 Å². The van der Waals surface area contributed by atoms with E-state index in [1.54, 1.807) is 13.1 Å². The zero-order valence-corrected chi connectivity index (χ0v) is 11.6. The lowest BCUT2D eigenvalue weighted by molar-refractivity contribution is 0.0685. The fourth-order valence-electron chi connectivity index (χ4n) is 2.48. The van der Waals surface area contributed by atoms with Gasteiger partial charge in [0.2, 0.25) is 0 Å². The Kier molecular flexibility index (Phi) is 2.64. The van der Waals surface area contributed by atoms with E-state index in [4.69, 9.17) is 5.11 Å². The average Bonchev–Trinajstić information content (AvgIpc) is 2.91. The Morgan fingerprint density at radius 1 is 1.20 bits per heavy atom. The first-order valence-electron chi connectivity index (χ1n) is 6.31. The zero-order chi connectivity index (χ0) is 14.4. The second-order valence-electron chi connectivity index (χ2n) is 4.99. The number of carbonyl (C=O) groups is 1. The first-order chi connectivity index (χ1) is 9.47. The lowest BCUT2D eigenvalue weighted by atomic mass is 10.2. The SMILES string of the molecule is Cc1ccc2cc(-c3cc(C(=O)O)n(C)n3)n(C)c2c1. The van der Waals surface area contributed by atoms with E-state index in [0.29, 0.717) is 5.69 Å². The van der Waals surface area contributed by atoms with Crippen molar-refractivity contribution in [1.82, 2.24) is 14.3 Å². The largest absolute Gasteiger partial charge is 0.477 e. The van der Waals surface area contributed by atoms with Gasteiger partial charge in [-0.1, -0.05) is 12.1 Å². The summed E-state index contributed by atoms with van der Waals surface area (Å²) in [4.78, 5) is 11.1. The molecular weight excluding hydrogens is 254 g/mol. The molecule has 5 nitrogen and oxygen atoms in total. The number of aromatic nitrogens is 3. The van der Waals surface area contributed by atoms with E-state index in [1.807, 2.05) is 17.7 Å². The number of carboxylic acid groups (broad SMARTS) is 1. The molecule has 1 aromatic carbocycles. The monoisotopic (exact) mass is 269 g/mol. The molecule has 0 saturated carbocycles. The number of aryl methyl sites for hydroxylation is 3. The van der Waals surface area contributed by atoms with Gasteiger partial charge in [-0.05, 0) is 24.6 Å². The molecule has 0 spiro atoms. The fraction of sp³-hybridized carbons (Fsp3) is 0.200. The van der Waals surface area contributed by atoms with Gasteiger partial charge in [-0.15, -0.1) is 0 Å². The molecular formula is C15H15N3O2. The lowest BCUT2D eigenvalue weighted by Crippen LogP contribution is -2.04. The van der Waals surface area contributed by atoms with Crippen molar-refractivity contribution in [3.05, 3.63) is 41.6 Å². The number of rotatable bonds is 2. The Morgan fingerprint density at radius 2 is 1.95 bits per heavy atom. The standard InChI is InChI=1S/C15H15N3O2/c1-9-4-5-10-7-13(17(2)12(10)6-9)11-8-14(15(19)20)18(3)16-11/h4-8H,1-3H3,(H,19,20). The number of fused-ring (bicyclic) bond motifs is 1. The second kappa shape index (κ2) is 4.23. The van der Waals surface area contributed by atoms with Crippen LogP contribution in [0.25, 0.3) is 22.3 Å². The van der Waals surface area contributed by atoms with Gasteiger partial charge < -0.3 is 9.67 Å². The summed E-state index contributed by atoms with van der Waals surface area (Å²) in [5, 5.41) is 14.5. The van der Waals surface area contributed by atoms with Crippen molar-refractivity contribution in [2.45, 2.75) is 6.92 Å². The fourth-order valence-corrected chi connectivity index (χ4v) is 2.48. The molecule has 3 aromatic rings. The zero-order valence-electron chi connectivity index (χ0n) is 11.6. The molecule has 0 aliphatic heterocycles. The molecule has 3 rings (SSSR count). The molecule has 2 aromatic heterocycles. The van der Waals surface area contributed by atoms with Gasteiger partial charge in [-0.25, -0.2) is 4.79 Å². The van der Waals surface area contributed by atoms with Crippen molar-refractivity contribution in [2.75, 3.05) is 0 Å². The number of benzene rings is 1. The van der Waals surface area contributed by atoms with Crippen LogP contribution in [0.1, 0.15) is 16.1 Å². The first-order valence-corrected chi connectivity index (χ1v) is 6.31. The summed E-state index contributed by atoms with van der Waals surface area (Å²) >= 11 is 0. The molecule has 0 amide bonds. The minimum Gasteiger partial charge on any atom is -0.477 e. The van der Waals surface area contributed by atoms with Gasteiger partial charge in [0.25, 0.3) is 0 Å². The van der Waals surface area contributed by atoms with E-state index in [1.165, 1.54) is 10.2 Å². The van der Waals surface area contributed by atoms with E-state index < -0.39 is 5.97 Å². The molecule has 0 aliphatic rings. The summed E-state index contributed by atoms with van der Waals surface area (Å²) in [5.74, 6) is -0.971. The van der Waals surface area contributed by atoms with Crippen molar-refractivity contribution in [2.24, 2.45) is 14.1 Å². The normalized spacial score (nSPS) is 11.2. The van der Waals surface area contributed by atoms with E-state index in [2.05, 4.69) is 30.2 Å². The van der Waals surface area contributed by atoms with Crippen molar-refractivity contribution in [3.63, 3.8) is 0 Å². The molecule has 0 radical (unpaired) electrons.